The van der Waals surface area contributed by atoms with Crippen molar-refractivity contribution in [3.8, 4) is 0 Å². The number of imidazole rings is 1. The van der Waals surface area contributed by atoms with Gasteiger partial charge in [0.2, 0.25) is 0 Å². The van der Waals surface area contributed by atoms with Gasteiger partial charge < -0.3 is 15.5 Å². The molecular weight excluding hydrogens is 329 g/mol. The van der Waals surface area contributed by atoms with Crippen LogP contribution in [0.5, 0.6) is 0 Å². The second-order valence-electron chi connectivity index (χ2n) is 6.24. The van der Waals surface area contributed by atoms with Gasteiger partial charge in [0.25, 0.3) is 0 Å². The molecule has 0 aliphatic rings. The summed E-state index contributed by atoms with van der Waals surface area (Å²) in [6.07, 6.45) is 14.3. The van der Waals surface area contributed by atoms with E-state index in [9.17, 15) is 9.59 Å². The van der Waals surface area contributed by atoms with Crippen molar-refractivity contribution in [1.82, 2.24) is 9.97 Å². The van der Waals surface area contributed by atoms with E-state index in [0.29, 0.717) is 5.69 Å². The molecule has 137 valence electrons. The second-order valence-corrected chi connectivity index (χ2v) is 6.24. The molecule has 0 spiro atoms. The molecule has 6 nitrogen and oxygen atoms in total. The third kappa shape index (κ3) is 12.3. The van der Waals surface area contributed by atoms with Crippen molar-refractivity contribution in [3.05, 3.63) is 18.2 Å². The number of rotatable bonds is 13. The fourth-order valence-corrected chi connectivity index (χ4v) is 2.53. The maximum absolute atomic E-state index is 11.7. The van der Waals surface area contributed by atoms with Crippen LogP contribution in [0.25, 0.3) is 0 Å². The van der Waals surface area contributed by atoms with Crippen LogP contribution in [0.4, 0.5) is 0 Å². The van der Waals surface area contributed by atoms with Gasteiger partial charge in [-0.15, -0.1) is 0 Å². The number of esters is 2. The van der Waals surface area contributed by atoms with Crippen LogP contribution in [0.15, 0.2) is 12.5 Å². The van der Waals surface area contributed by atoms with Crippen LogP contribution < -0.4 is 5.73 Å². The van der Waals surface area contributed by atoms with Crippen LogP contribution in [0.3, 0.4) is 0 Å². The summed E-state index contributed by atoms with van der Waals surface area (Å²) in [5.41, 5.74) is 6.39. The van der Waals surface area contributed by atoms with E-state index in [2.05, 4.69) is 16.9 Å². The number of ether oxygens (including phenoxy) is 1. The Morgan fingerprint density at radius 2 is 1.72 bits per heavy atom. The molecule has 25 heavy (non-hydrogen) atoms. The predicted octanol–water partition coefficient (Wildman–Crippen LogP) is 2.89. The van der Waals surface area contributed by atoms with Crippen molar-refractivity contribution in [2.75, 3.05) is 0 Å². The maximum Gasteiger partial charge on any atom is 0.330 e. The van der Waals surface area contributed by atoms with Gasteiger partial charge in [0.05, 0.1) is 12.0 Å². The minimum Gasteiger partial charge on any atom is -0.392 e. The summed E-state index contributed by atoms with van der Waals surface area (Å²) in [7, 11) is 0. The first-order chi connectivity index (χ1) is 11.6. The third-order valence-electron chi connectivity index (χ3n) is 3.99. The number of carbonyl (C=O) groups excluding carboxylic acids is 2. The van der Waals surface area contributed by atoms with Crippen LogP contribution >= 0.6 is 0 Å². The van der Waals surface area contributed by atoms with Crippen LogP contribution in [-0.2, 0) is 20.7 Å². The van der Waals surface area contributed by atoms with E-state index >= 15 is 0 Å². The summed E-state index contributed by atoms with van der Waals surface area (Å²) in [4.78, 5) is 30.2. The molecule has 0 aliphatic carbocycles. The molecule has 0 saturated heterocycles. The Bertz CT molecular complexity index is 466. The predicted molar refractivity (Wildman–Crippen MR) is 99.0 cm³/mol. The van der Waals surface area contributed by atoms with Crippen LogP contribution in [0.2, 0.25) is 0 Å². The Labute approximate surface area is 173 Å². The van der Waals surface area contributed by atoms with E-state index in [1.165, 1.54) is 44.9 Å². The van der Waals surface area contributed by atoms with E-state index in [1.54, 1.807) is 6.20 Å². The fourth-order valence-electron chi connectivity index (χ4n) is 2.53. The first-order valence-electron chi connectivity index (χ1n) is 9.11. The third-order valence-corrected chi connectivity index (χ3v) is 3.99. The van der Waals surface area contributed by atoms with Crippen LogP contribution in [-0.4, -0.2) is 57.5 Å². The normalized spacial score (nSPS) is 11.6. The average Bonchev–Trinajstić information content (AvgIpc) is 3.06. The zero-order valence-electron chi connectivity index (χ0n) is 15.8. The first kappa shape index (κ1) is 24.3. The van der Waals surface area contributed by atoms with E-state index < -0.39 is 18.0 Å². The van der Waals surface area contributed by atoms with Gasteiger partial charge in [0.15, 0.2) is 0 Å². The number of carbonyl (C=O) groups is 2. The largest absolute Gasteiger partial charge is 0.392 e. The van der Waals surface area contributed by atoms with Gasteiger partial charge in [0.1, 0.15) is 6.04 Å². The summed E-state index contributed by atoms with van der Waals surface area (Å²) in [5, 5.41) is 0. The number of hydrogen-bond acceptors (Lipinski definition) is 5. The van der Waals surface area contributed by atoms with E-state index in [1.807, 2.05) is 0 Å². The van der Waals surface area contributed by atoms with Crippen LogP contribution in [0.1, 0.15) is 76.8 Å². The molecule has 1 aromatic heterocycles. The van der Waals surface area contributed by atoms with Crippen molar-refractivity contribution in [3.63, 3.8) is 0 Å². The van der Waals surface area contributed by atoms with Crippen molar-refractivity contribution in [2.24, 2.45) is 5.73 Å². The molecule has 3 N–H and O–H groups in total. The van der Waals surface area contributed by atoms with Gasteiger partial charge in [-0.05, 0) is 6.42 Å². The summed E-state index contributed by atoms with van der Waals surface area (Å²) < 4.78 is 4.79. The zero-order valence-corrected chi connectivity index (χ0v) is 17.8. The molecule has 0 aromatic carbocycles. The van der Waals surface area contributed by atoms with Crippen molar-refractivity contribution >= 4 is 41.5 Å². The topological polar surface area (TPSA) is 98.1 Å². The van der Waals surface area contributed by atoms with Crippen molar-refractivity contribution < 1.29 is 14.3 Å². The minimum atomic E-state index is -0.861. The molecule has 0 unspecified atom stereocenters. The monoisotopic (exact) mass is 360 g/mol. The number of unbranched alkanes of at least 4 members (excludes halogenated alkanes) is 8. The standard InChI is InChI=1S/C18H31N3O3.Na/c1-2-3-4-5-6-7-8-9-10-11-17(22)24-18(23)16(19)12-15-13-20-14-21-15;/h13-14,16H,2-12,19H2,1H3,(H,20,21);/t16-;/m0./s1. The van der Waals surface area contributed by atoms with Crippen molar-refractivity contribution in [2.45, 2.75) is 83.6 Å². The van der Waals surface area contributed by atoms with Gasteiger partial charge >= 0.3 is 11.9 Å². The summed E-state index contributed by atoms with van der Waals surface area (Å²) >= 11 is 0. The molecule has 0 bridgehead atoms. The Hall–Kier alpha value is -0.690. The molecule has 1 radical (unpaired) electrons. The number of aromatic nitrogens is 2. The molecule has 1 heterocycles. The molecule has 0 amide bonds. The Kier molecular flexibility index (Phi) is 15.1. The Morgan fingerprint density at radius 1 is 1.12 bits per heavy atom. The first-order valence-corrected chi connectivity index (χ1v) is 9.11. The molecule has 0 saturated carbocycles. The Balaban J connectivity index is 0.00000576. The van der Waals surface area contributed by atoms with Gasteiger partial charge in [-0.1, -0.05) is 58.3 Å². The van der Waals surface area contributed by atoms with Gasteiger partial charge in [-0.2, -0.15) is 0 Å². The molecule has 1 atom stereocenters. The number of nitrogens with zero attached hydrogens (tertiary/aromatic N) is 1. The van der Waals surface area contributed by atoms with Crippen LogP contribution in [0, 0.1) is 0 Å². The average molecular weight is 360 g/mol. The number of nitrogens with one attached hydrogen (secondary N) is 1. The number of H-pyrrole nitrogens is 1. The van der Waals surface area contributed by atoms with E-state index in [0.717, 1.165) is 19.3 Å². The molecule has 0 aliphatic heterocycles. The SMILES string of the molecule is CCCCCCCCCCCC(=O)OC(=O)[C@@H](N)Cc1c[nH]cn1.[Na]. The van der Waals surface area contributed by atoms with Crippen molar-refractivity contribution in [1.29, 1.82) is 0 Å². The minimum absolute atomic E-state index is 0. The Morgan fingerprint density at radius 3 is 2.28 bits per heavy atom. The summed E-state index contributed by atoms with van der Waals surface area (Å²) in [6, 6.07) is -0.861. The molecule has 0 fully saturated rings. The van der Waals surface area contributed by atoms with E-state index in [-0.39, 0.29) is 42.4 Å². The molecule has 7 heteroatoms. The molecule has 1 aromatic rings. The van der Waals surface area contributed by atoms with E-state index in [4.69, 9.17) is 10.5 Å². The second kappa shape index (κ2) is 15.6. The maximum atomic E-state index is 11.7. The number of hydrogen-bond donors (Lipinski definition) is 2. The van der Waals surface area contributed by atoms with Gasteiger partial charge in [0, 0.05) is 48.6 Å². The smallest absolute Gasteiger partial charge is 0.330 e. The van der Waals surface area contributed by atoms with Gasteiger partial charge in [-0.25, -0.2) is 9.78 Å². The zero-order chi connectivity index (χ0) is 17.6. The molecule has 1 rings (SSSR count). The number of nitrogens with two attached hydrogens (primary N) is 1. The summed E-state index contributed by atoms with van der Waals surface area (Å²) in [5.74, 6) is -1.17. The van der Waals surface area contributed by atoms with Gasteiger partial charge in [-0.3, -0.25) is 4.79 Å². The number of aromatic amines is 1. The summed E-state index contributed by atoms with van der Waals surface area (Å²) in [6.45, 7) is 2.22. The fraction of sp³-hybridized carbons (Fsp3) is 0.722. The quantitative estimate of drug-likeness (QED) is 0.244. The molecular formula is C18H31N3NaO3.